The van der Waals surface area contributed by atoms with Gasteiger partial charge in [0.2, 0.25) is 5.13 Å². The minimum atomic E-state index is -4.37. The van der Waals surface area contributed by atoms with Crippen LogP contribution in [-0.4, -0.2) is 35.4 Å². The molecule has 1 aliphatic heterocycles. The average Bonchev–Trinajstić information content (AvgIpc) is 3.24. The maximum Gasteiger partial charge on any atom is 0.266 e. The smallest absolute Gasteiger partial charge is 0.266 e. The van der Waals surface area contributed by atoms with Gasteiger partial charge in [-0.25, -0.2) is 26.6 Å². The molecule has 0 unspecified atom stereocenters. The Balaban J connectivity index is 0.00000289. The van der Waals surface area contributed by atoms with Crippen LogP contribution in [0.4, 0.5) is 18.3 Å². The molecule has 1 saturated heterocycles. The van der Waals surface area contributed by atoms with Crippen molar-refractivity contribution in [1.29, 1.82) is 0 Å². The van der Waals surface area contributed by atoms with Gasteiger partial charge in [-0.3, -0.25) is 9.62 Å². The number of hydrogen-bond acceptors (Lipinski definition) is 6. The maximum absolute atomic E-state index is 14.8. The van der Waals surface area contributed by atoms with Gasteiger partial charge in [0.05, 0.1) is 0 Å². The fourth-order valence-electron chi connectivity index (χ4n) is 3.69. The molecular formula is C20H21F3N4O2S2. The van der Waals surface area contributed by atoms with Crippen LogP contribution in [0.1, 0.15) is 31.4 Å². The number of likely N-dealkylation sites (tertiary alicyclic amines) is 1. The Kier molecular flexibility index (Phi) is 6.26. The molecule has 1 fully saturated rings. The summed E-state index contributed by atoms with van der Waals surface area (Å²) in [6.45, 7) is 0.402. The fourth-order valence-corrected chi connectivity index (χ4v) is 5.42. The summed E-state index contributed by atoms with van der Waals surface area (Å²) in [5.41, 5.74) is 0.900. The first-order chi connectivity index (χ1) is 14.8. The van der Waals surface area contributed by atoms with Gasteiger partial charge in [0.15, 0.2) is 0 Å². The highest BCUT2D eigenvalue weighted by atomic mass is 32.2. The van der Waals surface area contributed by atoms with Gasteiger partial charge in [-0.1, -0.05) is 30.3 Å². The highest BCUT2D eigenvalue weighted by Gasteiger charge is 2.31. The maximum atomic E-state index is 14.8. The Labute approximate surface area is 183 Å². The van der Waals surface area contributed by atoms with Gasteiger partial charge in [-0.2, -0.15) is 4.37 Å². The van der Waals surface area contributed by atoms with E-state index in [1.54, 1.807) is 0 Å². The first-order valence-corrected chi connectivity index (χ1v) is 11.8. The number of piperidine rings is 1. The SMILES string of the molecule is O=S(=O)(Nc1ncns1)c1cc(F)c(CN2CC[C@H](F)C[C@@H]2c2ccccc2)cc1F.[HH]. The number of anilines is 1. The first kappa shape index (κ1) is 21.7. The normalized spacial score (nSPS) is 20.0. The van der Waals surface area contributed by atoms with Gasteiger partial charge >= 0.3 is 0 Å². The third-order valence-electron chi connectivity index (χ3n) is 5.18. The summed E-state index contributed by atoms with van der Waals surface area (Å²) in [4.78, 5) is 4.75. The van der Waals surface area contributed by atoms with Gasteiger partial charge in [0.1, 0.15) is 29.0 Å². The topological polar surface area (TPSA) is 75.2 Å². The summed E-state index contributed by atoms with van der Waals surface area (Å²) in [6.07, 6.45) is 0.728. The standard InChI is InChI=1S/C20H19F3N4O2S2.H2/c21-15-6-7-27(18(9-15)13-4-2-1-3-5-13)11-14-8-17(23)19(10-16(14)22)31(28,29)26-20-24-12-25-30-20;/h1-5,8,10,12,15,18H,6-7,9,11H2,(H,24,25,26);1H/t15-,18+;/m0./s1. The van der Waals surface area contributed by atoms with Crippen LogP contribution in [0.5, 0.6) is 0 Å². The van der Waals surface area contributed by atoms with Crippen LogP contribution in [-0.2, 0) is 16.6 Å². The predicted octanol–water partition coefficient (Wildman–Crippen LogP) is 4.54. The van der Waals surface area contributed by atoms with Gasteiger partial charge in [0.25, 0.3) is 10.0 Å². The van der Waals surface area contributed by atoms with Crippen LogP contribution in [0.2, 0.25) is 0 Å². The lowest BCUT2D eigenvalue weighted by atomic mass is 9.93. The van der Waals surface area contributed by atoms with Gasteiger partial charge < -0.3 is 0 Å². The molecule has 6 nitrogen and oxygen atoms in total. The monoisotopic (exact) mass is 470 g/mol. The Morgan fingerprint density at radius 3 is 2.68 bits per heavy atom. The van der Waals surface area contributed by atoms with Crippen molar-refractivity contribution in [2.45, 2.75) is 36.5 Å². The first-order valence-electron chi connectivity index (χ1n) is 9.54. The number of benzene rings is 2. The van der Waals surface area contributed by atoms with E-state index in [0.29, 0.717) is 19.0 Å². The molecule has 2 aromatic carbocycles. The molecule has 11 heteroatoms. The van der Waals surface area contributed by atoms with Gasteiger partial charge in [0, 0.05) is 37.7 Å². The molecule has 0 amide bonds. The molecule has 1 aromatic heterocycles. The molecule has 1 N–H and O–H groups in total. The van der Waals surface area contributed by atoms with E-state index in [2.05, 4.69) is 14.1 Å². The molecule has 31 heavy (non-hydrogen) atoms. The number of rotatable bonds is 6. The van der Waals surface area contributed by atoms with Crippen molar-refractivity contribution in [3.05, 3.63) is 71.6 Å². The summed E-state index contributed by atoms with van der Waals surface area (Å²) < 4.78 is 74.1. The van der Waals surface area contributed by atoms with Gasteiger partial charge in [-0.15, -0.1) is 0 Å². The zero-order valence-corrected chi connectivity index (χ0v) is 17.8. The van der Waals surface area contributed by atoms with Crippen molar-refractivity contribution in [2.24, 2.45) is 0 Å². The molecule has 0 aliphatic carbocycles. The number of sulfonamides is 1. The van der Waals surface area contributed by atoms with E-state index in [4.69, 9.17) is 0 Å². The summed E-state index contributed by atoms with van der Waals surface area (Å²) >= 11 is 0.774. The predicted molar refractivity (Wildman–Crippen MR) is 113 cm³/mol. The van der Waals surface area contributed by atoms with E-state index in [0.717, 1.165) is 29.5 Å². The van der Waals surface area contributed by atoms with Crippen LogP contribution in [0.3, 0.4) is 0 Å². The Morgan fingerprint density at radius 2 is 1.97 bits per heavy atom. The van der Waals surface area contributed by atoms with E-state index in [9.17, 15) is 21.6 Å². The van der Waals surface area contributed by atoms with Crippen molar-refractivity contribution < 1.29 is 23.0 Å². The zero-order chi connectivity index (χ0) is 22.0. The molecule has 4 rings (SSSR count). The molecule has 2 atom stereocenters. The van der Waals surface area contributed by atoms with Crippen molar-refractivity contribution in [1.82, 2.24) is 14.3 Å². The number of nitrogens with one attached hydrogen (secondary N) is 1. The van der Waals surface area contributed by atoms with Crippen LogP contribution in [0.15, 0.2) is 53.7 Å². The quantitative estimate of drug-likeness (QED) is 0.573. The van der Waals surface area contributed by atoms with Crippen molar-refractivity contribution in [3.8, 4) is 0 Å². The molecule has 2 heterocycles. The van der Waals surface area contributed by atoms with Crippen molar-refractivity contribution in [2.75, 3.05) is 11.3 Å². The Morgan fingerprint density at radius 1 is 1.19 bits per heavy atom. The summed E-state index contributed by atoms with van der Waals surface area (Å²) in [6, 6.07) is 10.6. The van der Waals surface area contributed by atoms with E-state index >= 15 is 0 Å². The molecule has 0 spiro atoms. The largest absolute Gasteiger partial charge is 0.292 e. The minimum absolute atomic E-state index is 0. The second-order valence-electron chi connectivity index (χ2n) is 7.24. The van der Waals surface area contributed by atoms with E-state index < -0.39 is 32.7 Å². The fraction of sp³-hybridized carbons (Fsp3) is 0.300. The van der Waals surface area contributed by atoms with Crippen LogP contribution in [0, 0.1) is 11.6 Å². The minimum Gasteiger partial charge on any atom is -0.292 e. The lowest BCUT2D eigenvalue weighted by molar-refractivity contribution is 0.0825. The van der Waals surface area contributed by atoms with Crippen molar-refractivity contribution in [3.63, 3.8) is 0 Å². The zero-order valence-electron chi connectivity index (χ0n) is 16.2. The molecule has 0 saturated carbocycles. The van der Waals surface area contributed by atoms with Crippen LogP contribution in [0.25, 0.3) is 0 Å². The third kappa shape index (κ3) is 4.89. The average molecular weight is 471 g/mol. The molecule has 0 bridgehead atoms. The molecule has 166 valence electrons. The molecule has 3 aromatic rings. The van der Waals surface area contributed by atoms with Crippen LogP contribution < -0.4 is 4.72 Å². The Bertz CT molecular complexity index is 1150. The third-order valence-corrected chi connectivity index (χ3v) is 7.24. The number of alkyl halides is 1. The second-order valence-corrected chi connectivity index (χ2v) is 9.68. The Hall–Kier alpha value is -2.50. The lowest BCUT2D eigenvalue weighted by Gasteiger charge is -2.37. The molecule has 1 aliphatic rings. The number of halogens is 3. The van der Waals surface area contributed by atoms with Crippen LogP contribution >= 0.6 is 11.5 Å². The second kappa shape index (κ2) is 8.93. The molecule has 0 radical (unpaired) electrons. The summed E-state index contributed by atoms with van der Waals surface area (Å²) in [5.74, 6) is -1.93. The van der Waals surface area contributed by atoms with E-state index in [-0.39, 0.29) is 31.1 Å². The van der Waals surface area contributed by atoms with Crippen molar-refractivity contribution >= 4 is 26.7 Å². The summed E-state index contributed by atoms with van der Waals surface area (Å²) in [5, 5.41) is -0.0521. The highest BCUT2D eigenvalue weighted by molar-refractivity contribution is 7.93. The summed E-state index contributed by atoms with van der Waals surface area (Å²) in [7, 11) is -4.37. The number of nitrogens with zero attached hydrogens (tertiary/aromatic N) is 3. The number of aromatic nitrogens is 2. The lowest BCUT2D eigenvalue weighted by Crippen LogP contribution is -2.37. The van der Waals surface area contributed by atoms with Gasteiger partial charge in [-0.05, 0) is 30.5 Å². The number of hydrogen-bond donors (Lipinski definition) is 1. The van der Waals surface area contributed by atoms with E-state index in [1.165, 1.54) is 0 Å². The highest BCUT2D eigenvalue weighted by Crippen LogP contribution is 2.34. The molecular weight excluding hydrogens is 449 g/mol. The van der Waals surface area contributed by atoms with E-state index in [1.807, 2.05) is 35.2 Å².